The van der Waals surface area contributed by atoms with Crippen LogP contribution in [-0.4, -0.2) is 36.4 Å². The smallest absolute Gasteiger partial charge is 0.269 e. The van der Waals surface area contributed by atoms with E-state index in [1.807, 2.05) is 20.0 Å². The fourth-order valence-electron chi connectivity index (χ4n) is 3.73. The number of carbonyl (C=O) groups excluding carboxylic acids is 2. The zero-order chi connectivity index (χ0) is 21.7. The molecule has 1 saturated carbocycles. The van der Waals surface area contributed by atoms with Crippen LogP contribution in [0.2, 0.25) is 0 Å². The summed E-state index contributed by atoms with van der Waals surface area (Å²) in [6, 6.07) is 10.6. The highest BCUT2D eigenvalue weighted by Crippen LogP contribution is 2.40. The molecule has 1 fully saturated rings. The number of amides is 2. The van der Waals surface area contributed by atoms with E-state index in [1.165, 1.54) is 0 Å². The summed E-state index contributed by atoms with van der Waals surface area (Å²) in [6.07, 6.45) is 3.86. The second kappa shape index (κ2) is 7.05. The lowest BCUT2D eigenvalue weighted by atomic mass is 10.1. The Balaban J connectivity index is 1.43. The number of pyridine rings is 1. The number of rotatable bonds is 5. The molecule has 0 saturated heterocycles. The van der Waals surface area contributed by atoms with E-state index in [-0.39, 0.29) is 11.6 Å². The molecule has 0 radical (unpaired) electrons. The summed E-state index contributed by atoms with van der Waals surface area (Å²) >= 11 is 0. The molecule has 0 bridgehead atoms. The largest absolute Gasteiger partial charge is 0.364 e. The predicted octanol–water partition coefficient (Wildman–Crippen LogP) is 2.69. The van der Waals surface area contributed by atoms with E-state index in [1.54, 1.807) is 45.9 Å². The van der Waals surface area contributed by atoms with Crippen molar-refractivity contribution in [2.45, 2.75) is 25.7 Å². The number of primary amides is 1. The molecule has 3 N–H and O–H groups in total. The minimum absolute atomic E-state index is 0.192. The molecule has 0 spiro atoms. The standard InChI is InChI=1S/C22H21N7O2/c1-12-19-16(11-18(13-3-4-13)25-21(19)28(2)26-12)22(31)24-14-5-7-15(8-6-14)29-10-9-17(27-29)20(23)30/h5-11,13H,3-4H2,1-2H3,(H2,23,30)(H,24,31). The van der Waals surface area contributed by atoms with Gasteiger partial charge in [0.1, 0.15) is 5.69 Å². The number of hydrogen-bond acceptors (Lipinski definition) is 5. The first-order valence-electron chi connectivity index (χ1n) is 10.0. The van der Waals surface area contributed by atoms with Crippen LogP contribution in [0, 0.1) is 6.92 Å². The summed E-state index contributed by atoms with van der Waals surface area (Å²) in [5.41, 5.74) is 9.87. The van der Waals surface area contributed by atoms with Crippen molar-refractivity contribution >= 4 is 28.5 Å². The molecule has 2 amide bonds. The van der Waals surface area contributed by atoms with Crippen molar-refractivity contribution in [2.75, 3.05) is 5.32 Å². The van der Waals surface area contributed by atoms with Crippen LogP contribution in [-0.2, 0) is 7.05 Å². The second-order valence-electron chi connectivity index (χ2n) is 7.79. The van der Waals surface area contributed by atoms with Gasteiger partial charge in [0.05, 0.1) is 22.3 Å². The molecule has 4 aromatic rings. The quantitative estimate of drug-likeness (QED) is 0.519. The van der Waals surface area contributed by atoms with Gasteiger partial charge in [0, 0.05) is 30.5 Å². The maximum atomic E-state index is 13.2. The topological polar surface area (TPSA) is 121 Å². The number of aromatic nitrogens is 5. The molecule has 31 heavy (non-hydrogen) atoms. The molecule has 9 nitrogen and oxygen atoms in total. The van der Waals surface area contributed by atoms with Gasteiger partial charge >= 0.3 is 0 Å². The lowest BCUT2D eigenvalue weighted by molar-refractivity contribution is 0.0993. The van der Waals surface area contributed by atoms with E-state index >= 15 is 0 Å². The molecular formula is C22H21N7O2. The minimum Gasteiger partial charge on any atom is -0.364 e. The Hall–Kier alpha value is -4.01. The van der Waals surface area contributed by atoms with Crippen molar-refractivity contribution in [2.24, 2.45) is 12.8 Å². The molecule has 0 aliphatic heterocycles. The van der Waals surface area contributed by atoms with Gasteiger partial charge in [-0.05, 0) is 56.2 Å². The van der Waals surface area contributed by atoms with Crippen molar-refractivity contribution in [3.8, 4) is 5.69 Å². The van der Waals surface area contributed by atoms with Crippen LogP contribution in [0.3, 0.4) is 0 Å². The van der Waals surface area contributed by atoms with E-state index in [9.17, 15) is 9.59 Å². The first kappa shape index (κ1) is 19.0. The van der Waals surface area contributed by atoms with Gasteiger partial charge in [-0.2, -0.15) is 10.2 Å². The number of aryl methyl sites for hydroxylation is 2. The van der Waals surface area contributed by atoms with Crippen LogP contribution in [0.25, 0.3) is 16.7 Å². The number of benzene rings is 1. The Morgan fingerprint density at radius 1 is 1.13 bits per heavy atom. The molecule has 1 aliphatic rings. The summed E-state index contributed by atoms with van der Waals surface area (Å²) in [5.74, 6) is -0.361. The first-order valence-corrected chi connectivity index (χ1v) is 10.0. The minimum atomic E-state index is -0.581. The first-order chi connectivity index (χ1) is 14.9. The van der Waals surface area contributed by atoms with E-state index < -0.39 is 5.91 Å². The fraction of sp³-hybridized carbons (Fsp3) is 0.227. The monoisotopic (exact) mass is 415 g/mol. The van der Waals surface area contributed by atoms with Crippen molar-refractivity contribution in [3.63, 3.8) is 0 Å². The molecule has 9 heteroatoms. The van der Waals surface area contributed by atoms with Gasteiger partial charge in [-0.15, -0.1) is 0 Å². The number of anilines is 1. The van der Waals surface area contributed by atoms with Crippen LogP contribution in [0.4, 0.5) is 5.69 Å². The van der Waals surface area contributed by atoms with Gasteiger partial charge in [-0.1, -0.05) is 0 Å². The zero-order valence-electron chi connectivity index (χ0n) is 17.2. The number of nitrogens with zero attached hydrogens (tertiary/aromatic N) is 5. The van der Waals surface area contributed by atoms with Crippen LogP contribution in [0.1, 0.15) is 51.0 Å². The summed E-state index contributed by atoms with van der Waals surface area (Å²) in [6.45, 7) is 1.89. The Morgan fingerprint density at radius 3 is 2.52 bits per heavy atom. The number of carbonyl (C=O) groups is 2. The number of nitrogens with two attached hydrogens (primary N) is 1. The maximum absolute atomic E-state index is 13.2. The molecule has 0 unspecified atom stereocenters. The lowest BCUT2D eigenvalue weighted by Crippen LogP contribution is -2.14. The molecule has 156 valence electrons. The SMILES string of the molecule is Cc1nn(C)c2nc(C3CC3)cc(C(=O)Nc3ccc(-n4ccc(C(N)=O)n4)cc3)c12. The normalized spacial score (nSPS) is 13.5. The molecule has 3 aromatic heterocycles. The van der Waals surface area contributed by atoms with E-state index in [4.69, 9.17) is 10.7 Å². The van der Waals surface area contributed by atoms with Crippen LogP contribution >= 0.6 is 0 Å². The van der Waals surface area contributed by atoms with E-state index in [0.717, 1.165) is 41.0 Å². The van der Waals surface area contributed by atoms with Gasteiger partial charge in [0.2, 0.25) is 0 Å². The third-order valence-electron chi connectivity index (χ3n) is 5.46. The number of fused-ring (bicyclic) bond motifs is 1. The molecule has 1 aliphatic carbocycles. The van der Waals surface area contributed by atoms with Gasteiger partial charge in [0.25, 0.3) is 11.8 Å². The average molecular weight is 415 g/mol. The van der Waals surface area contributed by atoms with Gasteiger partial charge in [-0.25, -0.2) is 9.67 Å². The van der Waals surface area contributed by atoms with Crippen LogP contribution in [0.15, 0.2) is 42.6 Å². The van der Waals surface area contributed by atoms with Crippen LogP contribution in [0.5, 0.6) is 0 Å². The Bertz CT molecular complexity index is 1330. The Kier molecular flexibility index (Phi) is 4.32. The van der Waals surface area contributed by atoms with E-state index in [0.29, 0.717) is 17.2 Å². The van der Waals surface area contributed by atoms with Crippen molar-refractivity contribution in [3.05, 3.63) is 65.2 Å². The lowest BCUT2D eigenvalue weighted by Gasteiger charge is -2.10. The van der Waals surface area contributed by atoms with Gasteiger partial charge in [-0.3, -0.25) is 14.3 Å². The van der Waals surface area contributed by atoms with E-state index in [2.05, 4.69) is 15.5 Å². The Labute approximate surface area is 177 Å². The number of nitrogens with one attached hydrogen (secondary N) is 1. The molecule has 5 rings (SSSR count). The third kappa shape index (κ3) is 3.43. The maximum Gasteiger partial charge on any atom is 0.269 e. The third-order valence-corrected chi connectivity index (χ3v) is 5.46. The van der Waals surface area contributed by atoms with Gasteiger partial charge < -0.3 is 11.1 Å². The summed E-state index contributed by atoms with van der Waals surface area (Å²) in [7, 11) is 1.85. The molecule has 1 aromatic carbocycles. The second-order valence-corrected chi connectivity index (χ2v) is 7.79. The highest BCUT2D eigenvalue weighted by atomic mass is 16.2. The van der Waals surface area contributed by atoms with Crippen molar-refractivity contribution < 1.29 is 9.59 Å². The molecule has 3 heterocycles. The predicted molar refractivity (Wildman–Crippen MR) is 115 cm³/mol. The highest BCUT2D eigenvalue weighted by molar-refractivity contribution is 6.12. The summed E-state index contributed by atoms with van der Waals surface area (Å²) in [5, 5.41) is 12.3. The molecule has 0 atom stereocenters. The zero-order valence-corrected chi connectivity index (χ0v) is 17.2. The van der Waals surface area contributed by atoms with Crippen LogP contribution < -0.4 is 11.1 Å². The average Bonchev–Trinajstić information content (AvgIpc) is 3.41. The van der Waals surface area contributed by atoms with Gasteiger partial charge in [0.15, 0.2) is 5.65 Å². The van der Waals surface area contributed by atoms with Crippen molar-refractivity contribution in [1.82, 2.24) is 24.5 Å². The Morgan fingerprint density at radius 2 is 1.87 bits per heavy atom. The molecular weight excluding hydrogens is 394 g/mol. The summed E-state index contributed by atoms with van der Waals surface area (Å²) in [4.78, 5) is 29.2. The van der Waals surface area contributed by atoms with Crippen molar-refractivity contribution in [1.29, 1.82) is 0 Å². The highest BCUT2D eigenvalue weighted by Gasteiger charge is 2.28. The summed E-state index contributed by atoms with van der Waals surface area (Å²) < 4.78 is 3.28. The number of hydrogen-bond donors (Lipinski definition) is 2. The fourth-order valence-corrected chi connectivity index (χ4v) is 3.73.